The second-order valence-corrected chi connectivity index (χ2v) is 7.26. The maximum absolute atomic E-state index is 11.2. The van der Waals surface area contributed by atoms with Gasteiger partial charge in [0.25, 0.3) is 5.18 Å². The summed E-state index contributed by atoms with van der Waals surface area (Å²) in [5, 5.41) is -2.28. The molecular formula is C4H11O9PS2. The molecule has 0 aliphatic heterocycles. The summed E-state index contributed by atoms with van der Waals surface area (Å²) in [6.45, 7) is 0. The summed E-state index contributed by atoms with van der Waals surface area (Å²) in [5.41, 5.74) is 0. The molecule has 9 nitrogen and oxygen atoms in total. The number of hydrogen-bond donors (Lipinski definition) is 0. The molecule has 98 valence electrons. The van der Waals surface area contributed by atoms with Gasteiger partial charge >= 0.3 is 20.5 Å². The van der Waals surface area contributed by atoms with Crippen molar-refractivity contribution >= 4 is 28.5 Å². The first-order valence-corrected chi connectivity index (χ1v) is 7.76. The lowest BCUT2D eigenvalue weighted by Crippen LogP contribution is -2.26. The van der Waals surface area contributed by atoms with E-state index >= 15 is 0 Å². The molecule has 0 aromatic carbocycles. The van der Waals surface area contributed by atoms with Crippen molar-refractivity contribution in [1.29, 1.82) is 0 Å². The first-order chi connectivity index (χ1) is 7.20. The molecule has 0 aliphatic carbocycles. The Kier molecular flexibility index (Phi) is 6.04. The SMILES string of the molecule is CO[PH](=O)C(OS(=O)(=O)OC)S(=O)(=O)OC. The Bertz CT molecular complexity index is 436. The minimum Gasteiger partial charge on any atom is -0.331 e. The fourth-order valence-electron chi connectivity index (χ4n) is 0.535. The average Bonchev–Trinajstić information content (AvgIpc) is 2.24. The van der Waals surface area contributed by atoms with Gasteiger partial charge in [0, 0.05) is 7.11 Å². The van der Waals surface area contributed by atoms with Crippen LogP contribution in [0, 0.1) is 0 Å². The molecular weight excluding hydrogens is 287 g/mol. The highest BCUT2D eigenvalue weighted by atomic mass is 32.3. The lowest BCUT2D eigenvalue weighted by Gasteiger charge is -2.13. The fraction of sp³-hybridized carbons (Fsp3) is 1.00. The zero-order valence-electron chi connectivity index (χ0n) is 8.57. The van der Waals surface area contributed by atoms with Crippen molar-refractivity contribution in [3.8, 4) is 0 Å². The van der Waals surface area contributed by atoms with Gasteiger partial charge in [0.2, 0.25) is 8.03 Å². The molecule has 0 heterocycles. The molecule has 0 N–H and O–H groups in total. The third-order valence-electron chi connectivity index (χ3n) is 1.30. The Morgan fingerprint density at radius 3 is 1.81 bits per heavy atom. The molecule has 0 amide bonds. The Labute approximate surface area is 94.0 Å². The molecule has 0 saturated carbocycles. The Balaban J connectivity index is 5.23. The maximum Gasteiger partial charge on any atom is 0.401 e. The van der Waals surface area contributed by atoms with E-state index in [1.165, 1.54) is 0 Å². The summed E-state index contributed by atoms with van der Waals surface area (Å²) in [6.07, 6.45) is 0. The average molecular weight is 298 g/mol. The summed E-state index contributed by atoms with van der Waals surface area (Å²) < 4.78 is 71.3. The van der Waals surface area contributed by atoms with Gasteiger partial charge in [-0.25, -0.2) is 4.18 Å². The van der Waals surface area contributed by atoms with Crippen LogP contribution >= 0.6 is 8.03 Å². The fourth-order valence-corrected chi connectivity index (χ4v) is 4.06. The molecule has 0 aromatic heterocycles. The molecule has 0 rings (SSSR count). The largest absolute Gasteiger partial charge is 0.401 e. The summed E-state index contributed by atoms with van der Waals surface area (Å²) in [5.74, 6) is 0. The molecule has 0 fully saturated rings. The van der Waals surface area contributed by atoms with Crippen molar-refractivity contribution in [2.75, 3.05) is 21.3 Å². The van der Waals surface area contributed by atoms with Crippen molar-refractivity contribution in [1.82, 2.24) is 0 Å². The molecule has 0 spiro atoms. The lowest BCUT2D eigenvalue weighted by atomic mass is 11.7. The minimum absolute atomic E-state index is 0.746. The molecule has 16 heavy (non-hydrogen) atoms. The van der Waals surface area contributed by atoms with Gasteiger partial charge < -0.3 is 4.52 Å². The standard InChI is InChI=1S/C4H11O9PS2/c1-10-14(5)4(15(6,7)11-2)13-16(8,9)12-3/h4,14H,1-3H3. The summed E-state index contributed by atoms with van der Waals surface area (Å²) in [4.78, 5) is 0. The number of rotatable bonds is 7. The molecule has 0 radical (unpaired) electrons. The third-order valence-corrected chi connectivity index (χ3v) is 5.86. The van der Waals surface area contributed by atoms with E-state index in [4.69, 9.17) is 0 Å². The molecule has 12 heteroatoms. The second kappa shape index (κ2) is 6.05. The van der Waals surface area contributed by atoms with Crippen LogP contribution in [-0.2, 0) is 42.2 Å². The Hall–Kier alpha value is -0.0300. The van der Waals surface area contributed by atoms with E-state index in [0.717, 1.165) is 21.3 Å². The van der Waals surface area contributed by atoms with Gasteiger partial charge in [-0.1, -0.05) is 0 Å². The van der Waals surface area contributed by atoms with Crippen molar-refractivity contribution in [3.63, 3.8) is 0 Å². The normalized spacial score (nSPS) is 16.9. The van der Waals surface area contributed by atoms with E-state index in [9.17, 15) is 21.4 Å². The van der Waals surface area contributed by atoms with Gasteiger partial charge in [0.15, 0.2) is 0 Å². The van der Waals surface area contributed by atoms with Gasteiger partial charge in [0.1, 0.15) is 0 Å². The van der Waals surface area contributed by atoms with Crippen LogP contribution in [0.15, 0.2) is 0 Å². The first kappa shape index (κ1) is 16.0. The number of hydrogen-bond acceptors (Lipinski definition) is 9. The van der Waals surface area contributed by atoms with Crippen LogP contribution in [0.2, 0.25) is 0 Å². The molecule has 0 saturated heterocycles. The Morgan fingerprint density at radius 1 is 1.00 bits per heavy atom. The molecule has 0 aromatic rings. The Morgan fingerprint density at radius 2 is 1.50 bits per heavy atom. The monoisotopic (exact) mass is 298 g/mol. The van der Waals surface area contributed by atoms with Crippen LogP contribution in [-0.4, -0.2) is 43.3 Å². The van der Waals surface area contributed by atoms with E-state index < -0.39 is 33.7 Å². The van der Waals surface area contributed by atoms with Crippen molar-refractivity contribution in [2.45, 2.75) is 5.18 Å². The van der Waals surface area contributed by atoms with E-state index in [2.05, 4.69) is 17.1 Å². The predicted octanol–water partition coefficient (Wildman–Crippen LogP) is -0.725. The van der Waals surface area contributed by atoms with Gasteiger partial charge in [-0.05, 0) is 0 Å². The van der Waals surface area contributed by atoms with Crippen LogP contribution < -0.4 is 0 Å². The van der Waals surface area contributed by atoms with Gasteiger partial charge in [-0.15, -0.1) is 0 Å². The summed E-state index contributed by atoms with van der Waals surface area (Å²) in [6, 6.07) is 0. The highest BCUT2D eigenvalue weighted by Gasteiger charge is 2.37. The van der Waals surface area contributed by atoms with Crippen LogP contribution in [0.25, 0.3) is 0 Å². The van der Waals surface area contributed by atoms with Crippen molar-refractivity contribution in [3.05, 3.63) is 0 Å². The van der Waals surface area contributed by atoms with E-state index in [-0.39, 0.29) is 0 Å². The van der Waals surface area contributed by atoms with E-state index in [1.807, 2.05) is 0 Å². The van der Waals surface area contributed by atoms with Gasteiger partial charge in [0.05, 0.1) is 14.2 Å². The molecule has 0 aliphatic rings. The maximum atomic E-state index is 11.2. The van der Waals surface area contributed by atoms with Crippen LogP contribution in [0.4, 0.5) is 0 Å². The smallest absolute Gasteiger partial charge is 0.331 e. The molecule has 0 bridgehead atoms. The second-order valence-electron chi connectivity index (χ2n) is 2.19. The molecule has 2 unspecified atom stereocenters. The summed E-state index contributed by atoms with van der Waals surface area (Å²) >= 11 is 0. The highest BCUT2D eigenvalue weighted by Crippen LogP contribution is 2.35. The summed E-state index contributed by atoms with van der Waals surface area (Å²) in [7, 11) is -9.95. The first-order valence-electron chi connectivity index (χ1n) is 3.56. The van der Waals surface area contributed by atoms with Crippen molar-refractivity contribution in [2.24, 2.45) is 0 Å². The zero-order valence-corrected chi connectivity index (χ0v) is 11.2. The lowest BCUT2D eigenvalue weighted by molar-refractivity contribution is 0.233. The minimum atomic E-state index is -4.58. The van der Waals surface area contributed by atoms with Gasteiger partial charge in [-0.3, -0.25) is 12.9 Å². The van der Waals surface area contributed by atoms with Crippen LogP contribution in [0.1, 0.15) is 0 Å². The van der Waals surface area contributed by atoms with Crippen LogP contribution in [0.5, 0.6) is 0 Å². The topological polar surface area (TPSA) is 122 Å². The quantitative estimate of drug-likeness (QED) is 0.442. The van der Waals surface area contributed by atoms with Crippen LogP contribution in [0.3, 0.4) is 0 Å². The van der Waals surface area contributed by atoms with E-state index in [0.29, 0.717) is 0 Å². The van der Waals surface area contributed by atoms with Gasteiger partial charge in [-0.2, -0.15) is 16.8 Å². The zero-order chi connectivity index (χ0) is 13.0. The third kappa shape index (κ3) is 4.45. The van der Waals surface area contributed by atoms with E-state index in [1.54, 1.807) is 0 Å². The predicted molar refractivity (Wildman–Crippen MR) is 52.7 cm³/mol. The molecule has 2 atom stereocenters. The van der Waals surface area contributed by atoms with Crippen molar-refractivity contribution < 1.29 is 38.5 Å². The highest BCUT2D eigenvalue weighted by molar-refractivity contribution is 7.93.